The van der Waals surface area contributed by atoms with Crippen molar-refractivity contribution in [2.75, 3.05) is 0 Å². The molecule has 5 aliphatic carbocycles. The molecule has 0 unspecified atom stereocenters. The summed E-state index contributed by atoms with van der Waals surface area (Å²) in [5.74, 6) is 1.88. The van der Waals surface area contributed by atoms with Crippen LogP contribution in [0.1, 0.15) is 125 Å². The summed E-state index contributed by atoms with van der Waals surface area (Å²) < 4.78 is 6.06. The summed E-state index contributed by atoms with van der Waals surface area (Å²) in [6.07, 6.45) is 10.6. The third kappa shape index (κ3) is 3.53. The van der Waals surface area contributed by atoms with Crippen molar-refractivity contribution in [3.8, 4) is 0 Å². The van der Waals surface area contributed by atoms with Gasteiger partial charge < -0.3 is 9.32 Å². The Labute approximate surface area is 245 Å². The molecule has 3 saturated carbocycles. The van der Waals surface area contributed by atoms with Crippen LogP contribution in [0, 0.1) is 51.4 Å². The van der Waals surface area contributed by atoms with E-state index in [9.17, 15) is 9.59 Å². The number of carbonyl (C=O) groups is 2. The Morgan fingerprint density at radius 1 is 1.00 bits per heavy atom. The van der Waals surface area contributed by atoms with Gasteiger partial charge in [-0.2, -0.15) is 4.98 Å². The highest BCUT2D eigenvalue weighted by molar-refractivity contribution is 6.03. The van der Waals surface area contributed by atoms with Gasteiger partial charge in [-0.05, 0) is 79.1 Å². The predicted octanol–water partition coefficient (Wildman–Crippen LogP) is 8.02. The van der Waals surface area contributed by atoms with Crippen molar-refractivity contribution in [2.24, 2.45) is 44.8 Å². The van der Waals surface area contributed by atoms with Crippen LogP contribution in [0.5, 0.6) is 0 Å². The summed E-state index contributed by atoms with van der Waals surface area (Å²) >= 11 is 0. The Kier molecular flexibility index (Phi) is 5.93. The van der Waals surface area contributed by atoms with Gasteiger partial charge in [0, 0.05) is 22.7 Å². The Balaban J connectivity index is 1.52. The third-order valence-electron chi connectivity index (χ3n) is 13.2. The van der Waals surface area contributed by atoms with E-state index in [4.69, 9.17) is 16.1 Å². The van der Waals surface area contributed by atoms with E-state index in [0.717, 1.165) is 62.2 Å². The molecule has 1 heterocycles. The first-order chi connectivity index (χ1) is 19.0. The summed E-state index contributed by atoms with van der Waals surface area (Å²) in [5.41, 5.74) is -0.398. The molecule has 6 heteroatoms. The first kappa shape index (κ1) is 28.6. The molecule has 6 nitrogen and oxygen atoms in total. The zero-order valence-corrected chi connectivity index (χ0v) is 26.5. The summed E-state index contributed by atoms with van der Waals surface area (Å²) in [5, 5.41) is 4.38. The lowest BCUT2D eigenvalue weighted by atomic mass is 9.34. The molecule has 0 bridgehead atoms. The van der Waals surface area contributed by atoms with Crippen LogP contribution in [0.15, 0.2) is 27.9 Å². The normalized spacial score (nSPS) is 42.7. The number of rotatable bonds is 2. The van der Waals surface area contributed by atoms with Gasteiger partial charge in [0.25, 0.3) is 0 Å². The van der Waals surface area contributed by atoms with Gasteiger partial charge >= 0.3 is 0 Å². The summed E-state index contributed by atoms with van der Waals surface area (Å²) in [4.78, 5) is 36.7. The van der Waals surface area contributed by atoms with Crippen molar-refractivity contribution < 1.29 is 14.1 Å². The van der Waals surface area contributed by atoms with E-state index >= 15 is 0 Å². The summed E-state index contributed by atoms with van der Waals surface area (Å²) in [6, 6.07) is 0. The molecule has 7 atom stereocenters. The van der Waals surface area contributed by atoms with Crippen LogP contribution in [0.25, 0.3) is 4.85 Å². The monoisotopic (exact) mass is 557 g/mol. The van der Waals surface area contributed by atoms with Crippen LogP contribution in [-0.4, -0.2) is 21.7 Å². The van der Waals surface area contributed by atoms with Crippen LogP contribution in [0.4, 0.5) is 0 Å². The maximum atomic E-state index is 14.7. The maximum Gasteiger partial charge on any atom is 0.233 e. The Morgan fingerprint density at radius 2 is 1.68 bits per heavy atom. The molecule has 220 valence electrons. The molecule has 41 heavy (non-hydrogen) atoms. The van der Waals surface area contributed by atoms with Crippen LogP contribution in [-0.2, 0) is 15.0 Å². The van der Waals surface area contributed by atoms with Gasteiger partial charge in [-0.1, -0.05) is 79.1 Å². The zero-order valence-electron chi connectivity index (χ0n) is 26.5. The maximum absolute atomic E-state index is 14.7. The van der Waals surface area contributed by atoms with Gasteiger partial charge in [0.2, 0.25) is 11.6 Å². The van der Waals surface area contributed by atoms with Crippen LogP contribution in [0.2, 0.25) is 0 Å². The highest BCUT2D eigenvalue weighted by Gasteiger charge is 2.70. The molecule has 1 aromatic rings. The minimum absolute atomic E-state index is 0.0578. The summed E-state index contributed by atoms with van der Waals surface area (Å²) in [7, 11) is 0. The Bertz CT molecular complexity index is 1440. The van der Waals surface area contributed by atoms with Crippen molar-refractivity contribution in [3.05, 3.63) is 46.6 Å². The quantitative estimate of drug-likeness (QED) is 0.344. The molecular weight excluding hydrogens is 510 g/mol. The number of fused-ring (bicyclic) bond motifs is 7. The van der Waals surface area contributed by atoms with Crippen molar-refractivity contribution in [1.82, 2.24) is 10.1 Å². The highest BCUT2D eigenvalue weighted by Crippen LogP contribution is 2.74. The number of hydrogen-bond donors (Lipinski definition) is 0. The predicted molar refractivity (Wildman–Crippen MR) is 158 cm³/mol. The molecule has 5 aliphatic rings. The minimum atomic E-state index is -0.645. The average molecular weight is 558 g/mol. The minimum Gasteiger partial charge on any atom is -0.339 e. The van der Waals surface area contributed by atoms with Crippen LogP contribution in [0.3, 0.4) is 0 Å². The van der Waals surface area contributed by atoms with E-state index in [2.05, 4.69) is 58.5 Å². The van der Waals surface area contributed by atoms with Gasteiger partial charge in [-0.3, -0.25) is 4.79 Å². The Morgan fingerprint density at radius 3 is 2.32 bits per heavy atom. The lowest BCUT2D eigenvalue weighted by Gasteiger charge is -2.69. The number of nitrogens with zero attached hydrogens (tertiary/aromatic N) is 3. The van der Waals surface area contributed by atoms with Crippen molar-refractivity contribution in [2.45, 2.75) is 119 Å². The number of allylic oxidation sites excluding steroid dienone is 4. The molecule has 0 saturated heterocycles. The van der Waals surface area contributed by atoms with Gasteiger partial charge in [0.05, 0.1) is 12.0 Å². The van der Waals surface area contributed by atoms with Crippen LogP contribution >= 0.6 is 0 Å². The molecular formula is C35H47N3O3. The Hall–Kier alpha value is -2.55. The van der Waals surface area contributed by atoms with Gasteiger partial charge in [0.1, 0.15) is 0 Å². The first-order valence-electron chi connectivity index (χ1n) is 15.7. The molecule has 0 radical (unpaired) electrons. The van der Waals surface area contributed by atoms with Crippen molar-refractivity contribution in [1.29, 1.82) is 0 Å². The standard InChI is InChI=1S/C35H47N3O3/c1-20(2)28-37-29(41-38-28)35-15-13-30(3,4)18-21(35)26-23(39)17-25-32(7)19-22(36-10)27(40)31(5,6)24(32)11-12-33(25,8)34(26,9)14-16-35/h17,19-21,24,26H,11-16,18H2,1-9H3/t21-,24-,26-,32-,33+,34+,35-/m0/s1. The second-order valence-electron chi connectivity index (χ2n) is 16.5. The molecule has 1 aromatic heterocycles. The number of ketones is 2. The van der Waals surface area contributed by atoms with Crippen molar-refractivity contribution in [3.63, 3.8) is 0 Å². The van der Waals surface area contributed by atoms with Gasteiger partial charge in [-0.25, -0.2) is 4.85 Å². The van der Waals surface area contributed by atoms with E-state index in [0.29, 0.717) is 0 Å². The number of carbonyl (C=O) groups excluding carboxylic acids is 2. The fourth-order valence-electron chi connectivity index (χ4n) is 10.6. The molecule has 3 fully saturated rings. The average Bonchev–Trinajstić information content (AvgIpc) is 3.39. The largest absolute Gasteiger partial charge is 0.339 e. The lowest BCUT2D eigenvalue weighted by molar-refractivity contribution is -0.161. The highest BCUT2D eigenvalue weighted by atomic mass is 16.5. The third-order valence-corrected chi connectivity index (χ3v) is 13.2. The van der Waals surface area contributed by atoms with Crippen LogP contribution < -0.4 is 0 Å². The summed E-state index contributed by atoms with van der Waals surface area (Å²) in [6.45, 7) is 27.6. The first-order valence-corrected chi connectivity index (χ1v) is 15.7. The number of hydrogen-bond acceptors (Lipinski definition) is 5. The van der Waals surface area contributed by atoms with E-state index in [1.807, 2.05) is 26.0 Å². The smallest absolute Gasteiger partial charge is 0.233 e. The van der Waals surface area contributed by atoms with E-state index in [1.165, 1.54) is 0 Å². The second kappa shape index (κ2) is 8.51. The molecule has 0 spiro atoms. The lowest BCUT2D eigenvalue weighted by Crippen LogP contribution is -2.65. The SMILES string of the molecule is [C-]#[N+]C1=C[C@]2(C)C3=CC(=O)[C@@H]4[C@@H]5CC(C)(C)CC[C@]5(c5nc(C(C)C)no5)CC[C@@]4(C)[C@]3(C)CC[C@H]2C(C)(C)C1=O. The molecule has 0 aromatic carbocycles. The molecule has 0 N–H and O–H groups in total. The number of Topliss-reactive ketones (excluding diaryl/α,β-unsaturated/α-hetero) is 1. The molecule has 0 amide bonds. The van der Waals surface area contributed by atoms with E-state index in [1.54, 1.807) is 0 Å². The van der Waals surface area contributed by atoms with E-state index in [-0.39, 0.29) is 62.6 Å². The van der Waals surface area contributed by atoms with Crippen molar-refractivity contribution >= 4 is 11.6 Å². The van der Waals surface area contributed by atoms with Gasteiger partial charge in [-0.15, -0.1) is 0 Å². The number of aromatic nitrogens is 2. The van der Waals surface area contributed by atoms with E-state index < -0.39 is 10.8 Å². The molecule has 6 rings (SSSR count). The second-order valence-corrected chi connectivity index (χ2v) is 16.5. The topological polar surface area (TPSA) is 77.4 Å². The molecule has 0 aliphatic heterocycles. The van der Waals surface area contributed by atoms with Gasteiger partial charge in [0.15, 0.2) is 17.4 Å². The zero-order chi connectivity index (χ0) is 30.0. The fourth-order valence-corrected chi connectivity index (χ4v) is 10.6. The fraction of sp³-hybridized carbons (Fsp3) is 0.743.